The third kappa shape index (κ3) is 3.04. The summed E-state index contributed by atoms with van der Waals surface area (Å²) in [6, 6.07) is 0. The molecule has 0 spiro atoms. The molecule has 2 aromatic heterocycles. The molecule has 0 amide bonds. The third-order valence-electron chi connectivity index (χ3n) is 2.13. The number of nitrogens with zero attached hydrogens (tertiary/aromatic N) is 5. The highest BCUT2D eigenvalue weighted by Crippen LogP contribution is 2.14. The lowest BCUT2D eigenvalue weighted by Crippen LogP contribution is -2.16. The molecule has 96 valence electrons. The minimum absolute atomic E-state index is 0.205. The molecule has 0 aliphatic heterocycles. The van der Waals surface area contributed by atoms with Crippen molar-refractivity contribution < 1.29 is 0 Å². The van der Waals surface area contributed by atoms with Crippen molar-refractivity contribution in [3.8, 4) is 0 Å². The fourth-order valence-electron chi connectivity index (χ4n) is 1.31. The fraction of sp³-hybridized carbons (Fsp3) is 0.400. The average Bonchev–Trinajstić information content (AvgIpc) is 2.72. The molecule has 2 rings (SSSR count). The van der Waals surface area contributed by atoms with Gasteiger partial charge in [-0.15, -0.1) is 11.3 Å². The Balaban J connectivity index is 2.09. The van der Waals surface area contributed by atoms with Crippen molar-refractivity contribution in [2.45, 2.75) is 13.5 Å². The van der Waals surface area contributed by atoms with Crippen LogP contribution in [0.1, 0.15) is 9.88 Å². The molecule has 0 atom stereocenters. The number of hydrogen-bond acceptors (Lipinski definition) is 8. The van der Waals surface area contributed by atoms with Gasteiger partial charge in [0.2, 0.25) is 17.8 Å². The van der Waals surface area contributed by atoms with E-state index in [0.717, 1.165) is 9.88 Å². The van der Waals surface area contributed by atoms with E-state index in [1.54, 1.807) is 16.2 Å². The SMILES string of the molecule is Cc1ncc(CNc2nc(N)nc(N(C)C)n2)s1. The molecule has 0 bridgehead atoms. The third-order valence-corrected chi connectivity index (χ3v) is 3.04. The van der Waals surface area contributed by atoms with Crippen LogP contribution in [0, 0.1) is 6.92 Å². The monoisotopic (exact) mass is 265 g/mol. The number of rotatable bonds is 4. The number of aromatic nitrogens is 4. The Morgan fingerprint density at radius 3 is 2.72 bits per heavy atom. The molecule has 0 saturated carbocycles. The summed E-state index contributed by atoms with van der Waals surface area (Å²) >= 11 is 1.64. The van der Waals surface area contributed by atoms with Crippen LogP contribution in [0.5, 0.6) is 0 Å². The van der Waals surface area contributed by atoms with Crippen LogP contribution in [0.25, 0.3) is 0 Å². The van der Waals surface area contributed by atoms with Crippen molar-refractivity contribution in [1.29, 1.82) is 0 Å². The number of nitrogen functional groups attached to an aromatic ring is 1. The summed E-state index contributed by atoms with van der Waals surface area (Å²) in [5, 5.41) is 4.15. The molecule has 0 fully saturated rings. The van der Waals surface area contributed by atoms with Gasteiger partial charge in [0.05, 0.1) is 11.6 Å². The zero-order valence-corrected chi connectivity index (χ0v) is 11.3. The zero-order chi connectivity index (χ0) is 13.1. The Morgan fingerprint density at radius 1 is 1.33 bits per heavy atom. The topological polar surface area (TPSA) is 92.8 Å². The maximum atomic E-state index is 5.63. The molecular weight excluding hydrogens is 250 g/mol. The summed E-state index contributed by atoms with van der Waals surface area (Å²) in [5.41, 5.74) is 5.63. The normalized spacial score (nSPS) is 10.4. The molecule has 18 heavy (non-hydrogen) atoms. The van der Waals surface area contributed by atoms with E-state index in [-0.39, 0.29) is 5.95 Å². The smallest absolute Gasteiger partial charge is 0.231 e. The predicted molar refractivity (Wildman–Crippen MR) is 72.7 cm³/mol. The maximum Gasteiger partial charge on any atom is 0.231 e. The van der Waals surface area contributed by atoms with Crippen molar-refractivity contribution >= 4 is 29.2 Å². The Morgan fingerprint density at radius 2 is 2.11 bits per heavy atom. The quantitative estimate of drug-likeness (QED) is 0.848. The molecule has 0 aliphatic rings. The average molecular weight is 265 g/mol. The van der Waals surface area contributed by atoms with E-state index >= 15 is 0 Å². The van der Waals surface area contributed by atoms with E-state index in [1.165, 1.54) is 0 Å². The fourth-order valence-corrected chi connectivity index (χ4v) is 2.05. The van der Waals surface area contributed by atoms with E-state index in [1.807, 2.05) is 27.2 Å². The van der Waals surface area contributed by atoms with E-state index < -0.39 is 0 Å². The second kappa shape index (κ2) is 5.13. The molecule has 0 saturated heterocycles. The number of anilines is 3. The van der Waals surface area contributed by atoms with Crippen molar-refractivity contribution in [1.82, 2.24) is 19.9 Å². The first-order chi connectivity index (χ1) is 8.54. The molecule has 2 heterocycles. The van der Waals surface area contributed by atoms with Gasteiger partial charge >= 0.3 is 0 Å². The van der Waals surface area contributed by atoms with Gasteiger partial charge in [-0.1, -0.05) is 0 Å². The van der Waals surface area contributed by atoms with Crippen LogP contribution in [0.2, 0.25) is 0 Å². The first kappa shape index (κ1) is 12.5. The summed E-state index contributed by atoms with van der Waals surface area (Å²) in [7, 11) is 3.70. The highest BCUT2D eigenvalue weighted by Gasteiger charge is 2.06. The van der Waals surface area contributed by atoms with Gasteiger partial charge in [-0.3, -0.25) is 0 Å². The van der Waals surface area contributed by atoms with Crippen LogP contribution < -0.4 is 16.0 Å². The molecule has 7 nitrogen and oxygen atoms in total. The first-order valence-electron chi connectivity index (χ1n) is 5.38. The summed E-state index contributed by atoms with van der Waals surface area (Å²) in [6.07, 6.45) is 1.84. The molecular formula is C10H15N7S. The Bertz CT molecular complexity index is 537. The van der Waals surface area contributed by atoms with Crippen molar-refractivity contribution in [3.63, 3.8) is 0 Å². The maximum absolute atomic E-state index is 5.63. The Hall–Kier alpha value is -1.96. The molecule has 0 aromatic carbocycles. The van der Waals surface area contributed by atoms with Gasteiger partial charge in [-0.05, 0) is 6.92 Å². The van der Waals surface area contributed by atoms with Gasteiger partial charge in [0, 0.05) is 25.2 Å². The van der Waals surface area contributed by atoms with Crippen LogP contribution in [0.3, 0.4) is 0 Å². The van der Waals surface area contributed by atoms with E-state index in [4.69, 9.17) is 5.73 Å². The highest BCUT2D eigenvalue weighted by molar-refractivity contribution is 7.11. The first-order valence-corrected chi connectivity index (χ1v) is 6.20. The molecule has 0 aliphatic carbocycles. The van der Waals surface area contributed by atoms with Crippen molar-refractivity contribution in [2.24, 2.45) is 0 Å². The highest BCUT2D eigenvalue weighted by atomic mass is 32.1. The summed E-state index contributed by atoms with van der Waals surface area (Å²) in [5.74, 6) is 1.21. The van der Waals surface area contributed by atoms with Gasteiger partial charge < -0.3 is 16.0 Å². The largest absolute Gasteiger partial charge is 0.368 e. The van der Waals surface area contributed by atoms with Crippen LogP contribution in [0.4, 0.5) is 17.8 Å². The molecule has 8 heteroatoms. The van der Waals surface area contributed by atoms with Gasteiger partial charge in [-0.2, -0.15) is 15.0 Å². The van der Waals surface area contributed by atoms with Gasteiger partial charge in [0.15, 0.2) is 0 Å². The zero-order valence-electron chi connectivity index (χ0n) is 10.5. The number of nitrogens with one attached hydrogen (secondary N) is 1. The van der Waals surface area contributed by atoms with Gasteiger partial charge in [0.1, 0.15) is 0 Å². The second-order valence-corrected chi connectivity index (χ2v) is 5.23. The summed E-state index contributed by atoms with van der Waals surface area (Å²) in [4.78, 5) is 19.4. The lowest BCUT2D eigenvalue weighted by Gasteiger charge is -2.11. The standard InChI is InChI=1S/C10H15N7S/c1-6-12-4-7(18-6)5-13-9-14-8(11)15-10(16-9)17(2)3/h4H,5H2,1-3H3,(H3,11,13,14,15,16). The predicted octanol–water partition coefficient (Wildman–Crippen LogP) is 0.897. The van der Waals surface area contributed by atoms with Crippen LogP contribution in [-0.2, 0) is 6.54 Å². The lowest BCUT2D eigenvalue weighted by atomic mass is 10.5. The van der Waals surface area contributed by atoms with Gasteiger partial charge in [0.25, 0.3) is 0 Å². The van der Waals surface area contributed by atoms with Crippen LogP contribution >= 0.6 is 11.3 Å². The Kier molecular flexibility index (Phi) is 3.56. The van der Waals surface area contributed by atoms with E-state index in [2.05, 4.69) is 25.3 Å². The minimum atomic E-state index is 0.205. The summed E-state index contributed by atoms with van der Waals surface area (Å²) in [6.45, 7) is 2.60. The number of nitrogens with two attached hydrogens (primary N) is 1. The van der Waals surface area contributed by atoms with Gasteiger partial charge in [-0.25, -0.2) is 4.98 Å². The number of thiazole rings is 1. The summed E-state index contributed by atoms with van der Waals surface area (Å²) < 4.78 is 0. The molecule has 3 N–H and O–H groups in total. The van der Waals surface area contributed by atoms with Crippen LogP contribution in [-0.4, -0.2) is 34.0 Å². The van der Waals surface area contributed by atoms with E-state index in [9.17, 15) is 0 Å². The van der Waals surface area contributed by atoms with Crippen molar-refractivity contribution in [3.05, 3.63) is 16.1 Å². The molecule has 2 aromatic rings. The van der Waals surface area contributed by atoms with Crippen molar-refractivity contribution in [2.75, 3.05) is 30.0 Å². The number of aryl methyl sites for hydroxylation is 1. The van der Waals surface area contributed by atoms with E-state index in [0.29, 0.717) is 18.4 Å². The minimum Gasteiger partial charge on any atom is -0.368 e. The lowest BCUT2D eigenvalue weighted by molar-refractivity contribution is 0.952. The molecule has 0 radical (unpaired) electrons. The Labute approximate surface area is 109 Å². The number of hydrogen-bond donors (Lipinski definition) is 2. The molecule has 0 unspecified atom stereocenters. The second-order valence-electron chi connectivity index (χ2n) is 3.91. The van der Waals surface area contributed by atoms with Crippen LogP contribution in [0.15, 0.2) is 6.20 Å².